The van der Waals surface area contributed by atoms with Crippen LogP contribution in [0.2, 0.25) is 0 Å². The Balaban J connectivity index is 2.22. The highest BCUT2D eigenvalue weighted by molar-refractivity contribution is 9.24. The summed E-state index contributed by atoms with van der Waals surface area (Å²) in [6, 6.07) is 3.48. The van der Waals surface area contributed by atoms with E-state index in [2.05, 4.69) is 63.1 Å². The molecular formula is C12H8Br3N5O5S. The minimum absolute atomic E-state index is 0.164. The van der Waals surface area contributed by atoms with Gasteiger partial charge >= 0.3 is 6.03 Å². The Morgan fingerprint density at radius 1 is 1.27 bits per heavy atom. The number of alkyl halides is 2. The molecule has 0 radical (unpaired) electrons. The van der Waals surface area contributed by atoms with Gasteiger partial charge in [0.1, 0.15) is 3.74 Å². The monoisotopic (exact) mass is 571 g/mol. The van der Waals surface area contributed by atoms with E-state index >= 15 is 0 Å². The molecule has 0 aliphatic carbocycles. The summed E-state index contributed by atoms with van der Waals surface area (Å²) in [6.45, 7) is 0. The van der Waals surface area contributed by atoms with Gasteiger partial charge in [-0.3, -0.25) is 15.4 Å². The quantitative estimate of drug-likeness (QED) is 0.317. The molecule has 2 rings (SSSR count). The van der Waals surface area contributed by atoms with Gasteiger partial charge in [-0.1, -0.05) is 44.0 Å². The number of anilines is 1. The molecule has 0 atom stereocenters. The van der Waals surface area contributed by atoms with E-state index in [-0.39, 0.29) is 9.68 Å². The van der Waals surface area contributed by atoms with Crippen LogP contribution in [0.1, 0.15) is 9.43 Å². The lowest BCUT2D eigenvalue weighted by Gasteiger charge is -2.10. The minimum Gasteiger partial charge on any atom is -0.275 e. The van der Waals surface area contributed by atoms with Crippen LogP contribution in [-0.4, -0.2) is 29.3 Å². The van der Waals surface area contributed by atoms with Crippen molar-refractivity contribution in [2.75, 3.05) is 5.32 Å². The van der Waals surface area contributed by atoms with E-state index in [0.717, 1.165) is 12.1 Å². The molecule has 0 aliphatic heterocycles. The van der Waals surface area contributed by atoms with Gasteiger partial charge in [0.05, 0.1) is 15.1 Å². The van der Waals surface area contributed by atoms with Crippen molar-refractivity contribution in [3.05, 3.63) is 50.7 Å². The minimum atomic E-state index is -4.48. The van der Waals surface area contributed by atoms with Gasteiger partial charge < -0.3 is 0 Å². The summed E-state index contributed by atoms with van der Waals surface area (Å²) in [4.78, 5) is 29.3. The fraction of sp³-hybridized carbons (Fsp3) is 0.0833. The molecule has 14 heteroatoms. The largest absolute Gasteiger partial charge is 0.335 e. The van der Waals surface area contributed by atoms with E-state index < -0.39 is 31.6 Å². The number of urea groups is 1. The fourth-order valence-corrected chi connectivity index (χ4v) is 4.55. The van der Waals surface area contributed by atoms with Crippen LogP contribution in [0.5, 0.6) is 0 Å². The van der Waals surface area contributed by atoms with Crippen LogP contribution in [0, 0.1) is 10.1 Å². The highest BCUT2D eigenvalue weighted by atomic mass is 79.9. The number of carbonyl (C=O) groups is 1. The third-order valence-electron chi connectivity index (χ3n) is 2.78. The predicted octanol–water partition coefficient (Wildman–Crippen LogP) is 3.45. The van der Waals surface area contributed by atoms with Crippen LogP contribution in [-0.2, 0) is 10.0 Å². The second kappa shape index (κ2) is 8.37. The number of nitro groups is 1. The second-order valence-corrected chi connectivity index (χ2v) is 10.1. The lowest BCUT2D eigenvalue weighted by Crippen LogP contribution is -2.35. The Hall–Kier alpha value is -1.64. The summed E-state index contributed by atoms with van der Waals surface area (Å²) < 4.78 is 26.4. The van der Waals surface area contributed by atoms with Gasteiger partial charge in [-0.2, -0.15) is 0 Å². The Labute approximate surface area is 172 Å². The van der Waals surface area contributed by atoms with E-state index in [4.69, 9.17) is 0 Å². The third kappa shape index (κ3) is 4.96. The number of amides is 2. The molecule has 0 unspecified atom stereocenters. The third-order valence-corrected chi connectivity index (χ3v) is 5.64. The van der Waals surface area contributed by atoms with Crippen LogP contribution in [0.3, 0.4) is 0 Å². The van der Waals surface area contributed by atoms with Crippen LogP contribution in [0.15, 0.2) is 39.8 Å². The van der Waals surface area contributed by atoms with Crippen molar-refractivity contribution < 1.29 is 18.1 Å². The van der Waals surface area contributed by atoms with E-state index in [1.54, 1.807) is 4.72 Å². The summed E-state index contributed by atoms with van der Waals surface area (Å²) in [6.07, 6.45) is 1.37. The molecule has 1 aromatic carbocycles. The molecule has 0 fully saturated rings. The topological polar surface area (TPSA) is 144 Å². The lowest BCUT2D eigenvalue weighted by molar-refractivity contribution is -0.387. The number of aromatic nitrogens is 2. The number of benzene rings is 1. The first-order valence-corrected chi connectivity index (χ1v) is 10.6. The number of hydrogen-bond acceptors (Lipinski definition) is 7. The molecule has 2 amide bonds. The highest BCUT2D eigenvalue weighted by Crippen LogP contribution is 2.33. The van der Waals surface area contributed by atoms with Crippen molar-refractivity contribution in [3.8, 4) is 0 Å². The van der Waals surface area contributed by atoms with Crippen molar-refractivity contribution in [1.82, 2.24) is 14.7 Å². The highest BCUT2D eigenvalue weighted by Gasteiger charge is 2.27. The normalized spacial score (nSPS) is 11.2. The summed E-state index contributed by atoms with van der Waals surface area (Å²) >= 11 is 9.71. The zero-order valence-electron chi connectivity index (χ0n) is 12.4. The van der Waals surface area contributed by atoms with Crippen LogP contribution < -0.4 is 10.0 Å². The summed E-state index contributed by atoms with van der Waals surface area (Å²) in [5.74, 6) is -0.164. The Bertz CT molecular complexity index is 969. The zero-order chi connectivity index (χ0) is 19.5. The molecule has 0 spiro atoms. The van der Waals surface area contributed by atoms with Crippen molar-refractivity contribution in [2.24, 2.45) is 0 Å². The number of nitro benzene ring substituents is 1. The second-order valence-electron chi connectivity index (χ2n) is 4.51. The first-order valence-electron chi connectivity index (χ1n) is 6.49. The fourth-order valence-electron chi connectivity index (χ4n) is 1.73. The molecular weight excluding hydrogens is 566 g/mol. The number of nitrogens with zero attached hydrogens (tertiary/aromatic N) is 3. The number of halogens is 3. The zero-order valence-corrected chi connectivity index (χ0v) is 18.0. The van der Waals surface area contributed by atoms with E-state index in [1.807, 2.05) is 0 Å². The number of sulfonamides is 1. The van der Waals surface area contributed by atoms with E-state index in [9.17, 15) is 23.3 Å². The first-order chi connectivity index (χ1) is 12.1. The molecule has 0 aliphatic rings. The van der Waals surface area contributed by atoms with Crippen molar-refractivity contribution in [1.29, 1.82) is 0 Å². The van der Waals surface area contributed by atoms with Crippen LogP contribution >= 0.6 is 47.8 Å². The van der Waals surface area contributed by atoms with Gasteiger partial charge in [0.2, 0.25) is 5.95 Å². The van der Waals surface area contributed by atoms with Crippen molar-refractivity contribution in [2.45, 2.75) is 8.63 Å². The maximum Gasteiger partial charge on any atom is 0.335 e. The Kier molecular flexibility index (Phi) is 6.65. The molecule has 26 heavy (non-hydrogen) atoms. The maximum atomic E-state index is 12.2. The number of rotatable bonds is 5. The van der Waals surface area contributed by atoms with E-state index in [1.165, 1.54) is 18.3 Å². The van der Waals surface area contributed by atoms with Gasteiger partial charge in [-0.25, -0.2) is 27.9 Å². The number of nitrogens with one attached hydrogen (secondary N) is 2. The van der Waals surface area contributed by atoms with Crippen molar-refractivity contribution in [3.63, 3.8) is 0 Å². The number of hydrogen-bond donors (Lipinski definition) is 2. The average molecular weight is 574 g/mol. The Morgan fingerprint density at radius 2 is 1.92 bits per heavy atom. The first kappa shape index (κ1) is 20.7. The maximum absolute atomic E-state index is 12.2. The van der Waals surface area contributed by atoms with E-state index in [0.29, 0.717) is 10.2 Å². The molecule has 0 bridgehead atoms. The Morgan fingerprint density at radius 3 is 2.54 bits per heavy atom. The predicted molar refractivity (Wildman–Crippen MR) is 103 cm³/mol. The number of para-hydroxylation sites is 1. The van der Waals surface area contributed by atoms with Crippen LogP contribution in [0.4, 0.5) is 16.4 Å². The molecule has 1 aromatic heterocycles. The molecule has 0 saturated carbocycles. The SMILES string of the molecule is O=C(Nc1ncc(Br)c(C(Br)Br)n1)NS(=O)(=O)c1ccccc1[N+](=O)[O-]. The molecule has 0 saturated heterocycles. The summed E-state index contributed by atoms with van der Waals surface area (Å²) in [5, 5.41) is 13.1. The smallest absolute Gasteiger partial charge is 0.275 e. The number of carbonyl (C=O) groups excluding carboxylic acids is 1. The average Bonchev–Trinajstić information content (AvgIpc) is 2.55. The molecule has 2 aromatic rings. The lowest BCUT2D eigenvalue weighted by atomic mass is 10.3. The summed E-state index contributed by atoms with van der Waals surface area (Å²) in [5.41, 5.74) is -0.201. The van der Waals surface area contributed by atoms with Gasteiger partial charge in [0.15, 0.2) is 4.90 Å². The van der Waals surface area contributed by atoms with Gasteiger partial charge in [-0.15, -0.1) is 0 Å². The molecule has 2 N–H and O–H groups in total. The van der Waals surface area contributed by atoms with Crippen molar-refractivity contribution >= 4 is 75.5 Å². The van der Waals surface area contributed by atoms with Crippen LogP contribution in [0.25, 0.3) is 0 Å². The van der Waals surface area contributed by atoms with Gasteiger partial charge in [-0.05, 0) is 22.0 Å². The molecule has 1 heterocycles. The summed E-state index contributed by atoms with van der Waals surface area (Å²) in [7, 11) is -4.48. The van der Waals surface area contributed by atoms with Gasteiger partial charge in [0.25, 0.3) is 15.7 Å². The molecule has 10 nitrogen and oxygen atoms in total. The standard InChI is InChI=1S/C12H8Br3N5O5S/c13-6-5-16-11(17-9(6)10(14)15)18-12(21)19-26(24,25)8-4-2-1-3-7(8)20(22)23/h1-5,10H,(H2,16,17,18,19,21). The molecule has 138 valence electrons. The van der Waals surface area contributed by atoms with Gasteiger partial charge in [0, 0.05) is 12.3 Å².